The van der Waals surface area contributed by atoms with Gasteiger partial charge in [0, 0.05) is 42.2 Å². The van der Waals surface area contributed by atoms with Crippen LogP contribution in [0.15, 0.2) is 62.7 Å². The van der Waals surface area contributed by atoms with Gasteiger partial charge in [0.05, 0.1) is 28.8 Å². The number of imidazole rings is 1. The lowest BCUT2D eigenvalue weighted by Crippen LogP contribution is -2.21. The Morgan fingerprint density at radius 2 is 2.00 bits per heavy atom. The van der Waals surface area contributed by atoms with E-state index in [-0.39, 0.29) is 5.41 Å². The monoisotopic (exact) mass is 412 g/mol. The molecule has 1 aromatic carbocycles. The number of hydrogen-bond acceptors (Lipinski definition) is 2. The highest BCUT2D eigenvalue weighted by molar-refractivity contribution is 5.99. The molecule has 4 rings (SSSR count). The van der Waals surface area contributed by atoms with E-state index in [0.29, 0.717) is 0 Å². The molecule has 3 heterocycles. The molecule has 1 aliphatic heterocycles. The molecule has 4 nitrogen and oxygen atoms in total. The number of H-pyrrole nitrogens is 1. The summed E-state index contributed by atoms with van der Waals surface area (Å²) in [5.41, 5.74) is 8.95. The van der Waals surface area contributed by atoms with Gasteiger partial charge in [-0.2, -0.15) is 0 Å². The Labute approximate surface area is 185 Å². The molecule has 0 saturated carbocycles. The van der Waals surface area contributed by atoms with Crippen LogP contribution in [-0.4, -0.2) is 26.0 Å². The molecule has 1 aliphatic rings. The zero-order chi connectivity index (χ0) is 22.2. The first-order chi connectivity index (χ1) is 14.9. The molecule has 31 heavy (non-hydrogen) atoms. The van der Waals surface area contributed by atoms with Crippen molar-refractivity contribution >= 4 is 28.4 Å². The minimum absolute atomic E-state index is 0.203. The van der Waals surface area contributed by atoms with Crippen LogP contribution in [0.5, 0.6) is 0 Å². The van der Waals surface area contributed by atoms with E-state index in [1.54, 1.807) is 0 Å². The van der Waals surface area contributed by atoms with E-state index in [1.807, 2.05) is 24.7 Å². The summed E-state index contributed by atoms with van der Waals surface area (Å²) in [6, 6.07) is 6.52. The molecule has 160 valence electrons. The standard InChI is InChI=1S/C27H32N4/c1-7-10-13-30-16-23(21-11-12-28-25(21)19(30)4)22-14-20(8-2)15-24-26(22)29-18-31(24)17-27(5,6)9-3/h7-8,11-12,14-16,18,28H,1-2,4,9-10,13,17H2,3,5-6H3. The molecular weight excluding hydrogens is 380 g/mol. The van der Waals surface area contributed by atoms with Crippen molar-refractivity contribution in [1.82, 2.24) is 19.4 Å². The molecular formula is C27H32N4. The molecule has 0 fully saturated rings. The van der Waals surface area contributed by atoms with Crippen LogP contribution in [0.2, 0.25) is 0 Å². The van der Waals surface area contributed by atoms with Crippen LogP contribution in [0, 0.1) is 5.41 Å². The van der Waals surface area contributed by atoms with Crippen molar-refractivity contribution in [3.8, 4) is 0 Å². The Morgan fingerprint density at radius 3 is 2.71 bits per heavy atom. The van der Waals surface area contributed by atoms with Crippen LogP contribution < -0.4 is 0 Å². The van der Waals surface area contributed by atoms with E-state index in [0.717, 1.165) is 70.6 Å². The second-order valence-electron chi connectivity index (χ2n) is 9.06. The van der Waals surface area contributed by atoms with E-state index in [4.69, 9.17) is 4.98 Å². The molecule has 3 aromatic rings. The van der Waals surface area contributed by atoms with Crippen molar-refractivity contribution in [2.75, 3.05) is 6.54 Å². The van der Waals surface area contributed by atoms with E-state index in [9.17, 15) is 0 Å². The molecule has 0 amide bonds. The van der Waals surface area contributed by atoms with Gasteiger partial charge in [-0.1, -0.05) is 46.1 Å². The van der Waals surface area contributed by atoms with Crippen LogP contribution in [0.3, 0.4) is 0 Å². The highest BCUT2D eigenvalue weighted by Crippen LogP contribution is 2.39. The van der Waals surface area contributed by atoms with Crippen LogP contribution in [-0.2, 0) is 6.54 Å². The fraction of sp³-hybridized carbons (Fsp3) is 0.296. The Balaban J connectivity index is 1.90. The molecule has 4 heteroatoms. The van der Waals surface area contributed by atoms with E-state index in [1.165, 1.54) is 0 Å². The lowest BCUT2D eigenvalue weighted by atomic mass is 9.90. The third-order valence-electron chi connectivity index (χ3n) is 6.36. The van der Waals surface area contributed by atoms with Crippen LogP contribution in [0.1, 0.15) is 56.0 Å². The fourth-order valence-corrected chi connectivity index (χ4v) is 4.13. The van der Waals surface area contributed by atoms with Gasteiger partial charge in [0.2, 0.25) is 0 Å². The minimum atomic E-state index is 0.203. The van der Waals surface area contributed by atoms with Gasteiger partial charge in [-0.3, -0.25) is 0 Å². The van der Waals surface area contributed by atoms with Crippen LogP contribution in [0.25, 0.3) is 28.4 Å². The number of fused-ring (bicyclic) bond motifs is 2. The molecule has 2 aromatic heterocycles. The van der Waals surface area contributed by atoms with E-state index >= 15 is 0 Å². The summed E-state index contributed by atoms with van der Waals surface area (Å²) in [4.78, 5) is 10.5. The number of hydrogen-bond donors (Lipinski definition) is 1. The average Bonchev–Trinajstić information content (AvgIpc) is 3.40. The molecule has 0 radical (unpaired) electrons. The van der Waals surface area contributed by atoms with Gasteiger partial charge in [0.1, 0.15) is 0 Å². The first-order valence-corrected chi connectivity index (χ1v) is 11.0. The lowest BCUT2D eigenvalue weighted by molar-refractivity contribution is 0.298. The third-order valence-corrected chi connectivity index (χ3v) is 6.36. The molecule has 0 spiro atoms. The fourth-order valence-electron chi connectivity index (χ4n) is 4.13. The molecule has 0 saturated heterocycles. The quantitative estimate of drug-likeness (QED) is 0.418. The number of nitrogens with zero attached hydrogens (tertiary/aromatic N) is 3. The molecule has 1 N–H and O–H groups in total. The molecule has 0 aliphatic carbocycles. The van der Waals surface area contributed by atoms with Crippen molar-refractivity contribution in [2.24, 2.45) is 5.41 Å². The van der Waals surface area contributed by atoms with E-state index in [2.05, 4.69) is 79.4 Å². The number of benzene rings is 1. The highest BCUT2D eigenvalue weighted by Gasteiger charge is 2.25. The summed E-state index contributed by atoms with van der Waals surface area (Å²) >= 11 is 0. The van der Waals surface area contributed by atoms with Crippen molar-refractivity contribution in [1.29, 1.82) is 0 Å². The second-order valence-corrected chi connectivity index (χ2v) is 9.06. The number of nitrogens with one attached hydrogen (secondary N) is 1. The van der Waals surface area contributed by atoms with Gasteiger partial charge < -0.3 is 14.5 Å². The highest BCUT2D eigenvalue weighted by atomic mass is 15.1. The lowest BCUT2D eigenvalue weighted by Gasteiger charge is -2.29. The van der Waals surface area contributed by atoms with Gasteiger partial charge in [-0.25, -0.2) is 4.98 Å². The molecule has 0 atom stereocenters. The average molecular weight is 413 g/mol. The second kappa shape index (κ2) is 8.10. The normalized spacial score (nSPS) is 14.0. The maximum atomic E-state index is 4.87. The van der Waals surface area contributed by atoms with Crippen molar-refractivity contribution in [3.05, 3.63) is 85.1 Å². The molecule has 0 unspecified atom stereocenters. The smallest absolute Gasteiger partial charge is 0.0964 e. The van der Waals surface area contributed by atoms with Gasteiger partial charge in [0.25, 0.3) is 0 Å². The van der Waals surface area contributed by atoms with Crippen LogP contribution >= 0.6 is 0 Å². The zero-order valence-corrected chi connectivity index (χ0v) is 18.9. The number of aromatic nitrogens is 3. The Morgan fingerprint density at radius 1 is 1.19 bits per heavy atom. The molecule has 0 bridgehead atoms. The SMILES string of the molecule is C=CCCN1C=C(c2cc(C=C)cc3c2ncn3CC(C)(C)CC)c2cc[nH]c2C1=C. The Bertz CT molecular complexity index is 1190. The zero-order valence-electron chi connectivity index (χ0n) is 18.9. The largest absolute Gasteiger partial charge is 0.359 e. The van der Waals surface area contributed by atoms with E-state index < -0.39 is 0 Å². The summed E-state index contributed by atoms with van der Waals surface area (Å²) in [5, 5.41) is 0. The minimum Gasteiger partial charge on any atom is -0.359 e. The van der Waals surface area contributed by atoms with Crippen LogP contribution in [0.4, 0.5) is 0 Å². The van der Waals surface area contributed by atoms with Gasteiger partial charge in [0.15, 0.2) is 0 Å². The summed E-state index contributed by atoms with van der Waals surface area (Å²) in [5.74, 6) is 0. The predicted molar refractivity (Wildman–Crippen MR) is 132 cm³/mol. The first kappa shape index (κ1) is 21.0. The van der Waals surface area contributed by atoms with Gasteiger partial charge in [-0.05, 0) is 42.0 Å². The predicted octanol–water partition coefficient (Wildman–Crippen LogP) is 6.70. The Kier molecular flexibility index (Phi) is 5.48. The maximum Gasteiger partial charge on any atom is 0.0964 e. The number of rotatable bonds is 8. The van der Waals surface area contributed by atoms with Gasteiger partial charge >= 0.3 is 0 Å². The first-order valence-electron chi connectivity index (χ1n) is 11.0. The summed E-state index contributed by atoms with van der Waals surface area (Å²) < 4.78 is 2.28. The topological polar surface area (TPSA) is 36.9 Å². The number of aromatic amines is 1. The summed E-state index contributed by atoms with van der Waals surface area (Å²) in [6.07, 6.45) is 12.0. The Hall–Kier alpha value is -3.27. The maximum absolute atomic E-state index is 4.87. The van der Waals surface area contributed by atoms with Gasteiger partial charge in [-0.15, -0.1) is 6.58 Å². The summed E-state index contributed by atoms with van der Waals surface area (Å²) in [6.45, 7) is 20.8. The van der Waals surface area contributed by atoms with Crippen molar-refractivity contribution in [3.63, 3.8) is 0 Å². The third kappa shape index (κ3) is 3.78. The van der Waals surface area contributed by atoms with Crippen molar-refractivity contribution in [2.45, 2.75) is 40.2 Å². The van der Waals surface area contributed by atoms with Crippen molar-refractivity contribution < 1.29 is 0 Å². The summed E-state index contributed by atoms with van der Waals surface area (Å²) in [7, 11) is 0.